The zero-order valence-corrected chi connectivity index (χ0v) is 9.51. The largest absolute Gasteiger partial charge is 0.391 e. The van der Waals surface area contributed by atoms with Crippen molar-refractivity contribution in [3.8, 4) is 0 Å². The van der Waals surface area contributed by atoms with Crippen LogP contribution in [-0.2, 0) is 0 Å². The maximum Gasteiger partial charge on any atom is 0.0756 e. The average Bonchev–Trinajstić information content (AvgIpc) is 2.14. The highest BCUT2D eigenvalue weighted by Crippen LogP contribution is 2.22. The average molecular weight is 262 g/mol. The van der Waals surface area contributed by atoms with E-state index in [1.165, 1.54) is 0 Å². The van der Waals surface area contributed by atoms with Crippen molar-refractivity contribution in [2.45, 2.75) is 11.0 Å². The van der Waals surface area contributed by atoms with Crippen molar-refractivity contribution in [2.75, 3.05) is 12.3 Å². The molecule has 1 unspecified atom stereocenters. The van der Waals surface area contributed by atoms with Gasteiger partial charge in [-0.2, -0.15) is 0 Å². The van der Waals surface area contributed by atoms with Gasteiger partial charge in [-0.05, 0) is 18.2 Å². The molecule has 0 radical (unpaired) electrons. The summed E-state index contributed by atoms with van der Waals surface area (Å²) < 4.78 is 1.06. The van der Waals surface area contributed by atoms with Crippen LogP contribution in [0, 0.1) is 0 Å². The molecule has 72 valence electrons. The van der Waals surface area contributed by atoms with E-state index < -0.39 is 6.10 Å². The molecule has 0 amide bonds. The van der Waals surface area contributed by atoms with Gasteiger partial charge in [-0.1, -0.05) is 22.0 Å². The minimum atomic E-state index is -0.413. The summed E-state index contributed by atoms with van der Waals surface area (Å²) in [7, 11) is 0. The summed E-state index contributed by atoms with van der Waals surface area (Å²) in [5, 5.41) is 9.23. The Hall–Kier alpha value is -0.0300. The van der Waals surface area contributed by atoms with Gasteiger partial charge in [0, 0.05) is 21.7 Å². The van der Waals surface area contributed by atoms with Gasteiger partial charge in [-0.3, -0.25) is 0 Å². The lowest BCUT2D eigenvalue weighted by atomic mass is 10.4. The summed E-state index contributed by atoms with van der Waals surface area (Å²) in [6.07, 6.45) is -0.413. The van der Waals surface area contributed by atoms with E-state index in [-0.39, 0.29) is 0 Å². The monoisotopic (exact) mass is 261 g/mol. The number of rotatable bonds is 4. The van der Waals surface area contributed by atoms with E-state index in [9.17, 15) is 5.11 Å². The number of hydrogen-bond donors (Lipinski definition) is 2. The second kappa shape index (κ2) is 5.65. The van der Waals surface area contributed by atoms with Gasteiger partial charge < -0.3 is 10.8 Å². The molecule has 3 N–H and O–H groups in total. The number of thioether (sulfide) groups is 1. The molecule has 1 aromatic carbocycles. The summed E-state index contributed by atoms with van der Waals surface area (Å²) in [6.45, 7) is 0.320. The maximum atomic E-state index is 9.23. The molecule has 2 nitrogen and oxygen atoms in total. The van der Waals surface area contributed by atoms with Crippen molar-refractivity contribution in [1.82, 2.24) is 0 Å². The summed E-state index contributed by atoms with van der Waals surface area (Å²) in [6, 6.07) is 7.98. The lowest BCUT2D eigenvalue weighted by Crippen LogP contribution is -2.21. The topological polar surface area (TPSA) is 46.2 Å². The summed E-state index contributed by atoms with van der Waals surface area (Å²) in [4.78, 5) is 1.14. The second-order valence-corrected chi connectivity index (χ2v) is 4.67. The lowest BCUT2D eigenvalue weighted by Gasteiger charge is -2.06. The van der Waals surface area contributed by atoms with Gasteiger partial charge >= 0.3 is 0 Å². The molecule has 0 aliphatic rings. The Morgan fingerprint density at radius 2 is 2.31 bits per heavy atom. The molecule has 1 rings (SSSR count). The minimum absolute atomic E-state index is 0.320. The Morgan fingerprint density at radius 3 is 2.92 bits per heavy atom. The molecule has 4 heteroatoms. The van der Waals surface area contributed by atoms with Crippen LogP contribution in [0.2, 0.25) is 0 Å². The van der Waals surface area contributed by atoms with Gasteiger partial charge in [0.1, 0.15) is 0 Å². The second-order valence-electron chi connectivity index (χ2n) is 2.66. The first-order chi connectivity index (χ1) is 6.22. The highest BCUT2D eigenvalue weighted by Gasteiger charge is 2.01. The minimum Gasteiger partial charge on any atom is -0.391 e. The number of halogens is 1. The summed E-state index contributed by atoms with van der Waals surface area (Å²) in [5.41, 5.74) is 5.29. The van der Waals surface area contributed by atoms with E-state index in [0.29, 0.717) is 12.3 Å². The zero-order valence-electron chi connectivity index (χ0n) is 7.11. The molecule has 0 heterocycles. The Kier molecular flexibility index (Phi) is 4.80. The molecule has 0 spiro atoms. The van der Waals surface area contributed by atoms with Crippen LogP contribution in [0.1, 0.15) is 0 Å². The number of aliphatic hydroxyl groups is 1. The van der Waals surface area contributed by atoms with Crippen molar-refractivity contribution in [3.05, 3.63) is 28.7 Å². The Morgan fingerprint density at radius 1 is 1.54 bits per heavy atom. The number of benzene rings is 1. The van der Waals surface area contributed by atoms with Crippen LogP contribution in [0.25, 0.3) is 0 Å². The Bertz CT molecular complexity index is 270. The van der Waals surface area contributed by atoms with E-state index in [1.54, 1.807) is 11.8 Å². The smallest absolute Gasteiger partial charge is 0.0756 e. The quantitative estimate of drug-likeness (QED) is 0.814. The van der Waals surface area contributed by atoms with Crippen LogP contribution < -0.4 is 5.73 Å². The van der Waals surface area contributed by atoms with E-state index in [4.69, 9.17) is 5.73 Å². The zero-order chi connectivity index (χ0) is 9.68. The van der Waals surface area contributed by atoms with Crippen LogP contribution >= 0.6 is 27.7 Å². The molecular weight excluding hydrogens is 250 g/mol. The number of hydrogen-bond acceptors (Lipinski definition) is 3. The normalized spacial score (nSPS) is 12.8. The van der Waals surface area contributed by atoms with Crippen LogP contribution in [0.4, 0.5) is 0 Å². The molecule has 0 saturated carbocycles. The molecule has 13 heavy (non-hydrogen) atoms. The standard InChI is InChI=1S/C9H12BrNOS/c10-7-2-1-3-9(4-7)13-6-8(12)5-11/h1-4,8,12H,5-6,11H2. The van der Waals surface area contributed by atoms with Gasteiger partial charge in [-0.15, -0.1) is 11.8 Å². The first-order valence-electron chi connectivity index (χ1n) is 3.99. The summed E-state index contributed by atoms with van der Waals surface area (Å²) >= 11 is 4.99. The van der Waals surface area contributed by atoms with Crippen LogP contribution in [0.15, 0.2) is 33.6 Å². The Balaban J connectivity index is 2.45. The first-order valence-corrected chi connectivity index (χ1v) is 5.76. The van der Waals surface area contributed by atoms with Gasteiger partial charge in [0.05, 0.1) is 6.10 Å². The first kappa shape index (κ1) is 11.0. The highest BCUT2D eigenvalue weighted by atomic mass is 79.9. The molecule has 0 aliphatic carbocycles. The number of aliphatic hydroxyl groups excluding tert-OH is 1. The number of nitrogens with two attached hydrogens (primary N) is 1. The SMILES string of the molecule is NCC(O)CSc1cccc(Br)c1. The maximum absolute atomic E-state index is 9.23. The third-order valence-corrected chi connectivity index (χ3v) is 3.14. The molecule has 1 aromatic rings. The van der Waals surface area contributed by atoms with E-state index in [0.717, 1.165) is 9.37 Å². The third kappa shape index (κ3) is 4.13. The molecule has 0 fully saturated rings. The molecule has 0 aromatic heterocycles. The van der Waals surface area contributed by atoms with Crippen molar-refractivity contribution in [3.63, 3.8) is 0 Å². The molecule has 0 aliphatic heterocycles. The fourth-order valence-corrected chi connectivity index (χ4v) is 2.27. The van der Waals surface area contributed by atoms with Gasteiger partial charge in [0.15, 0.2) is 0 Å². The van der Waals surface area contributed by atoms with E-state index in [1.807, 2.05) is 24.3 Å². The predicted octanol–water partition coefficient (Wildman–Crippen LogP) is 1.86. The summed E-state index contributed by atoms with van der Waals surface area (Å²) in [5.74, 6) is 0.646. The molecular formula is C9H12BrNOS. The van der Waals surface area contributed by atoms with Crippen LogP contribution in [-0.4, -0.2) is 23.5 Å². The van der Waals surface area contributed by atoms with Crippen molar-refractivity contribution < 1.29 is 5.11 Å². The Labute approximate surface area is 90.7 Å². The van der Waals surface area contributed by atoms with Gasteiger partial charge in [-0.25, -0.2) is 0 Å². The van der Waals surface area contributed by atoms with E-state index in [2.05, 4.69) is 15.9 Å². The highest BCUT2D eigenvalue weighted by molar-refractivity contribution is 9.10. The van der Waals surface area contributed by atoms with Gasteiger partial charge in [0.25, 0.3) is 0 Å². The molecule has 0 saturated heterocycles. The predicted molar refractivity (Wildman–Crippen MR) is 59.9 cm³/mol. The fraction of sp³-hybridized carbons (Fsp3) is 0.333. The van der Waals surface area contributed by atoms with Gasteiger partial charge in [0.2, 0.25) is 0 Å². The van der Waals surface area contributed by atoms with Crippen molar-refractivity contribution in [1.29, 1.82) is 0 Å². The molecule has 0 bridgehead atoms. The lowest BCUT2D eigenvalue weighted by molar-refractivity contribution is 0.208. The van der Waals surface area contributed by atoms with Crippen molar-refractivity contribution in [2.24, 2.45) is 5.73 Å². The third-order valence-electron chi connectivity index (χ3n) is 1.51. The fourth-order valence-electron chi connectivity index (χ4n) is 0.817. The van der Waals surface area contributed by atoms with Crippen LogP contribution in [0.5, 0.6) is 0 Å². The van der Waals surface area contributed by atoms with Crippen LogP contribution in [0.3, 0.4) is 0 Å². The molecule has 1 atom stereocenters. The van der Waals surface area contributed by atoms with E-state index >= 15 is 0 Å². The van der Waals surface area contributed by atoms with Crippen molar-refractivity contribution >= 4 is 27.7 Å².